The predicted octanol–water partition coefficient (Wildman–Crippen LogP) is 4.37. The standard InChI is InChI=1S/C16H23N3O2S/c1-11(2)9-18-15(22-10-16(18,4)5)17-14-7-6-13(19(20)21)8-12(14)3/h6-8,11H,9-10H2,1-5H3. The quantitative estimate of drug-likeness (QED) is 0.610. The molecule has 5 nitrogen and oxygen atoms in total. The smallest absolute Gasteiger partial charge is 0.269 e. The van der Waals surface area contributed by atoms with Gasteiger partial charge in [0, 0.05) is 30.0 Å². The van der Waals surface area contributed by atoms with E-state index in [9.17, 15) is 10.1 Å². The van der Waals surface area contributed by atoms with Crippen LogP contribution in [-0.2, 0) is 0 Å². The molecule has 1 aromatic carbocycles. The van der Waals surface area contributed by atoms with E-state index in [1.807, 2.05) is 6.92 Å². The molecular formula is C16H23N3O2S. The summed E-state index contributed by atoms with van der Waals surface area (Å²) in [6, 6.07) is 4.83. The van der Waals surface area contributed by atoms with Gasteiger partial charge in [0.1, 0.15) is 0 Å². The average molecular weight is 321 g/mol. The lowest BCUT2D eigenvalue weighted by atomic mass is 10.0. The highest BCUT2D eigenvalue weighted by atomic mass is 32.2. The fourth-order valence-corrected chi connectivity index (χ4v) is 3.70. The Morgan fingerprint density at radius 2 is 2.14 bits per heavy atom. The number of thioether (sulfide) groups is 1. The van der Waals surface area contributed by atoms with Crippen LogP contribution in [-0.4, -0.2) is 32.8 Å². The molecule has 0 aliphatic carbocycles. The van der Waals surface area contributed by atoms with Crippen molar-refractivity contribution in [3.05, 3.63) is 33.9 Å². The van der Waals surface area contributed by atoms with E-state index in [1.54, 1.807) is 23.9 Å². The number of aliphatic imine (C=N–C) groups is 1. The van der Waals surface area contributed by atoms with Gasteiger partial charge >= 0.3 is 0 Å². The highest BCUT2D eigenvalue weighted by molar-refractivity contribution is 8.14. The first-order valence-corrected chi connectivity index (χ1v) is 8.43. The van der Waals surface area contributed by atoms with Gasteiger partial charge in [-0.1, -0.05) is 25.6 Å². The third-order valence-corrected chi connectivity index (χ3v) is 5.09. The molecule has 0 atom stereocenters. The monoisotopic (exact) mass is 321 g/mol. The van der Waals surface area contributed by atoms with Crippen molar-refractivity contribution in [2.75, 3.05) is 12.3 Å². The van der Waals surface area contributed by atoms with Gasteiger partial charge < -0.3 is 4.90 Å². The second-order valence-electron chi connectivity index (χ2n) is 6.73. The van der Waals surface area contributed by atoms with Crippen molar-refractivity contribution in [3.8, 4) is 0 Å². The predicted molar refractivity (Wildman–Crippen MR) is 93.0 cm³/mol. The minimum atomic E-state index is -0.373. The van der Waals surface area contributed by atoms with Gasteiger partial charge in [-0.3, -0.25) is 10.1 Å². The van der Waals surface area contributed by atoms with Crippen LogP contribution in [0.25, 0.3) is 0 Å². The normalized spacial score (nSPS) is 19.2. The molecule has 1 aliphatic heterocycles. The molecule has 0 bridgehead atoms. The van der Waals surface area contributed by atoms with Crippen molar-refractivity contribution in [1.82, 2.24) is 4.90 Å². The van der Waals surface area contributed by atoms with Gasteiger partial charge in [-0.15, -0.1) is 0 Å². The lowest BCUT2D eigenvalue weighted by Gasteiger charge is -2.33. The fraction of sp³-hybridized carbons (Fsp3) is 0.562. The molecule has 2 rings (SSSR count). The lowest BCUT2D eigenvalue weighted by Crippen LogP contribution is -2.44. The van der Waals surface area contributed by atoms with Gasteiger partial charge in [0.25, 0.3) is 5.69 Å². The minimum absolute atomic E-state index is 0.0858. The molecule has 22 heavy (non-hydrogen) atoms. The second kappa shape index (κ2) is 6.28. The number of rotatable bonds is 4. The lowest BCUT2D eigenvalue weighted by molar-refractivity contribution is -0.384. The SMILES string of the molecule is Cc1cc([N+](=O)[O-])ccc1N=C1SCC(C)(C)N1CC(C)C. The Kier molecular flexibility index (Phi) is 4.80. The average Bonchev–Trinajstić information content (AvgIpc) is 2.68. The Hall–Kier alpha value is -1.56. The summed E-state index contributed by atoms with van der Waals surface area (Å²) in [5.74, 6) is 1.56. The summed E-state index contributed by atoms with van der Waals surface area (Å²) in [5.41, 5.74) is 1.83. The van der Waals surface area contributed by atoms with Gasteiger partial charge in [0.2, 0.25) is 0 Å². The largest absolute Gasteiger partial charge is 0.345 e. The maximum Gasteiger partial charge on any atom is 0.269 e. The van der Waals surface area contributed by atoms with E-state index in [4.69, 9.17) is 4.99 Å². The van der Waals surface area contributed by atoms with Crippen LogP contribution in [0.1, 0.15) is 33.3 Å². The molecule has 120 valence electrons. The number of non-ortho nitro benzene ring substituents is 1. The van der Waals surface area contributed by atoms with Gasteiger partial charge in [0.05, 0.1) is 10.6 Å². The van der Waals surface area contributed by atoms with Gasteiger partial charge in [-0.2, -0.15) is 0 Å². The van der Waals surface area contributed by atoms with Crippen LogP contribution in [0.5, 0.6) is 0 Å². The summed E-state index contributed by atoms with van der Waals surface area (Å²) >= 11 is 1.76. The highest BCUT2D eigenvalue weighted by Gasteiger charge is 2.37. The molecule has 1 aliphatic rings. The molecule has 1 heterocycles. The minimum Gasteiger partial charge on any atom is -0.345 e. The Morgan fingerprint density at radius 1 is 1.45 bits per heavy atom. The number of hydrogen-bond donors (Lipinski definition) is 0. The summed E-state index contributed by atoms with van der Waals surface area (Å²) in [4.78, 5) is 17.6. The van der Waals surface area contributed by atoms with E-state index >= 15 is 0 Å². The van der Waals surface area contributed by atoms with Crippen LogP contribution >= 0.6 is 11.8 Å². The van der Waals surface area contributed by atoms with E-state index < -0.39 is 0 Å². The van der Waals surface area contributed by atoms with Crippen LogP contribution in [0.4, 0.5) is 11.4 Å². The molecule has 1 saturated heterocycles. The maximum atomic E-state index is 10.8. The van der Waals surface area contributed by atoms with E-state index in [-0.39, 0.29) is 16.1 Å². The van der Waals surface area contributed by atoms with Crippen LogP contribution in [0.15, 0.2) is 23.2 Å². The molecule has 0 saturated carbocycles. The van der Waals surface area contributed by atoms with Crippen LogP contribution in [0.2, 0.25) is 0 Å². The summed E-state index contributed by atoms with van der Waals surface area (Å²) in [6.07, 6.45) is 0. The third kappa shape index (κ3) is 3.61. The summed E-state index contributed by atoms with van der Waals surface area (Å²) in [7, 11) is 0. The van der Waals surface area contributed by atoms with E-state index in [0.717, 1.165) is 28.7 Å². The first-order chi connectivity index (χ1) is 10.2. The van der Waals surface area contributed by atoms with Gasteiger partial charge in [0.15, 0.2) is 5.17 Å². The number of nitro groups is 1. The first-order valence-electron chi connectivity index (χ1n) is 7.45. The Morgan fingerprint density at radius 3 is 2.68 bits per heavy atom. The molecule has 0 aromatic heterocycles. The van der Waals surface area contributed by atoms with Crippen molar-refractivity contribution in [2.24, 2.45) is 10.9 Å². The Labute approximate surface area is 136 Å². The fourth-order valence-electron chi connectivity index (χ4n) is 2.42. The van der Waals surface area contributed by atoms with E-state index in [1.165, 1.54) is 6.07 Å². The molecule has 1 aromatic rings. The van der Waals surface area contributed by atoms with Crippen molar-refractivity contribution in [1.29, 1.82) is 0 Å². The highest BCUT2D eigenvalue weighted by Crippen LogP contribution is 2.35. The molecule has 6 heteroatoms. The summed E-state index contributed by atoms with van der Waals surface area (Å²) in [5, 5.41) is 11.8. The Bertz CT molecular complexity index is 611. The van der Waals surface area contributed by atoms with Gasteiger partial charge in [-0.25, -0.2) is 4.99 Å². The van der Waals surface area contributed by atoms with Crippen molar-refractivity contribution in [2.45, 2.75) is 40.2 Å². The maximum absolute atomic E-state index is 10.8. The zero-order chi connectivity index (χ0) is 16.5. The Balaban J connectivity index is 2.33. The molecule has 0 spiro atoms. The van der Waals surface area contributed by atoms with Crippen molar-refractivity contribution < 1.29 is 4.92 Å². The van der Waals surface area contributed by atoms with E-state index in [2.05, 4.69) is 32.6 Å². The number of amidine groups is 1. The van der Waals surface area contributed by atoms with Crippen LogP contribution in [0.3, 0.4) is 0 Å². The topological polar surface area (TPSA) is 58.7 Å². The van der Waals surface area contributed by atoms with E-state index in [0.29, 0.717) is 5.92 Å². The summed E-state index contributed by atoms with van der Waals surface area (Å²) < 4.78 is 0. The number of nitro benzene ring substituents is 1. The molecule has 0 unspecified atom stereocenters. The first kappa shape index (κ1) is 16.8. The molecular weight excluding hydrogens is 298 g/mol. The molecule has 0 amide bonds. The molecule has 0 radical (unpaired) electrons. The van der Waals surface area contributed by atoms with Crippen LogP contribution < -0.4 is 0 Å². The van der Waals surface area contributed by atoms with Gasteiger partial charge in [-0.05, 0) is 38.3 Å². The van der Waals surface area contributed by atoms with Crippen molar-refractivity contribution in [3.63, 3.8) is 0 Å². The molecule has 0 N–H and O–H groups in total. The zero-order valence-corrected chi connectivity index (χ0v) is 14.6. The number of nitrogens with zero attached hydrogens (tertiary/aromatic N) is 3. The number of hydrogen-bond acceptors (Lipinski definition) is 4. The number of benzene rings is 1. The second-order valence-corrected chi connectivity index (χ2v) is 7.67. The van der Waals surface area contributed by atoms with Crippen LogP contribution in [0, 0.1) is 23.0 Å². The van der Waals surface area contributed by atoms with Crippen molar-refractivity contribution >= 4 is 28.3 Å². The zero-order valence-electron chi connectivity index (χ0n) is 13.8. The molecule has 1 fully saturated rings. The third-order valence-electron chi connectivity index (χ3n) is 3.67. The summed E-state index contributed by atoms with van der Waals surface area (Å²) in [6.45, 7) is 11.7. The number of aryl methyl sites for hydroxylation is 1.